The number of hydrogen-bond donors (Lipinski definition) is 0. The molecule has 132 valence electrons. The van der Waals surface area contributed by atoms with Gasteiger partial charge < -0.3 is 0 Å². The van der Waals surface area contributed by atoms with Gasteiger partial charge in [-0.1, -0.05) is 35.9 Å². The van der Waals surface area contributed by atoms with Crippen LogP contribution in [-0.2, 0) is 0 Å². The Hall–Kier alpha value is -1.82. The van der Waals surface area contributed by atoms with Crippen molar-refractivity contribution in [2.45, 2.75) is 24.3 Å². The number of halogens is 1. The SMILES string of the molecule is CSc1ccc([C@@H]2CC(c3ccc(Cl)cc3)=NN2c2nc(C)cs2)cc1. The summed E-state index contributed by atoms with van der Waals surface area (Å²) in [7, 11) is 0. The average Bonchev–Trinajstić information content (AvgIpc) is 3.29. The molecule has 3 aromatic rings. The number of aryl methyl sites for hydroxylation is 1. The summed E-state index contributed by atoms with van der Waals surface area (Å²) >= 11 is 9.43. The van der Waals surface area contributed by atoms with E-state index in [0.717, 1.165) is 33.5 Å². The van der Waals surface area contributed by atoms with Crippen LogP contribution in [0.15, 0.2) is 63.9 Å². The fourth-order valence-electron chi connectivity index (χ4n) is 3.04. The van der Waals surface area contributed by atoms with Crippen molar-refractivity contribution in [3.05, 3.63) is 75.8 Å². The highest BCUT2D eigenvalue weighted by atomic mass is 35.5. The molecule has 2 aromatic carbocycles. The van der Waals surface area contributed by atoms with E-state index in [9.17, 15) is 0 Å². The first-order chi connectivity index (χ1) is 12.6. The summed E-state index contributed by atoms with van der Waals surface area (Å²) in [5, 5.41) is 10.7. The summed E-state index contributed by atoms with van der Waals surface area (Å²) in [5.74, 6) is 0. The molecule has 1 aliphatic rings. The van der Waals surface area contributed by atoms with Crippen LogP contribution in [0.3, 0.4) is 0 Å². The minimum Gasteiger partial charge on any atom is -0.231 e. The largest absolute Gasteiger partial charge is 0.231 e. The van der Waals surface area contributed by atoms with E-state index < -0.39 is 0 Å². The third-order valence-corrected chi connectivity index (χ3v) is 6.33. The van der Waals surface area contributed by atoms with Crippen molar-refractivity contribution >= 4 is 45.5 Å². The second-order valence-corrected chi connectivity index (χ2v) is 8.32. The molecule has 0 N–H and O–H groups in total. The van der Waals surface area contributed by atoms with E-state index in [1.165, 1.54) is 10.5 Å². The molecule has 26 heavy (non-hydrogen) atoms. The van der Waals surface area contributed by atoms with E-state index in [0.29, 0.717) is 0 Å². The van der Waals surface area contributed by atoms with Gasteiger partial charge in [0.15, 0.2) is 0 Å². The number of hydrogen-bond acceptors (Lipinski definition) is 5. The number of rotatable bonds is 4. The van der Waals surface area contributed by atoms with Crippen LogP contribution in [0.25, 0.3) is 0 Å². The number of thiazole rings is 1. The molecule has 0 amide bonds. The van der Waals surface area contributed by atoms with Crippen LogP contribution in [0.2, 0.25) is 5.02 Å². The van der Waals surface area contributed by atoms with Crippen LogP contribution < -0.4 is 5.01 Å². The van der Waals surface area contributed by atoms with Gasteiger partial charge >= 0.3 is 0 Å². The summed E-state index contributed by atoms with van der Waals surface area (Å²) in [6.07, 6.45) is 2.94. The molecular formula is C20H18ClN3S2. The highest BCUT2D eigenvalue weighted by Crippen LogP contribution is 2.38. The number of thioether (sulfide) groups is 1. The Morgan fingerprint density at radius 2 is 1.85 bits per heavy atom. The molecule has 3 nitrogen and oxygen atoms in total. The van der Waals surface area contributed by atoms with Gasteiger partial charge in [-0.15, -0.1) is 23.1 Å². The van der Waals surface area contributed by atoms with Crippen molar-refractivity contribution in [1.82, 2.24) is 4.98 Å². The molecule has 0 aliphatic carbocycles. The van der Waals surface area contributed by atoms with Gasteiger partial charge in [0, 0.05) is 21.7 Å². The van der Waals surface area contributed by atoms with Crippen LogP contribution in [0.4, 0.5) is 5.13 Å². The van der Waals surface area contributed by atoms with E-state index in [1.54, 1.807) is 23.1 Å². The predicted molar refractivity (Wildman–Crippen MR) is 113 cm³/mol. The third-order valence-electron chi connectivity index (χ3n) is 4.39. The average molecular weight is 400 g/mol. The monoisotopic (exact) mass is 399 g/mol. The molecule has 6 heteroatoms. The molecule has 0 saturated heterocycles. The summed E-state index contributed by atoms with van der Waals surface area (Å²) in [6.45, 7) is 2.02. The maximum atomic E-state index is 6.04. The normalized spacial score (nSPS) is 16.8. The number of anilines is 1. The van der Waals surface area contributed by atoms with Crippen molar-refractivity contribution in [2.75, 3.05) is 11.3 Å². The van der Waals surface area contributed by atoms with Crippen LogP contribution in [0.1, 0.15) is 29.3 Å². The fraction of sp³-hybridized carbons (Fsp3) is 0.200. The van der Waals surface area contributed by atoms with Gasteiger partial charge in [-0.2, -0.15) is 5.10 Å². The van der Waals surface area contributed by atoms with Gasteiger partial charge in [-0.25, -0.2) is 9.99 Å². The first kappa shape index (κ1) is 17.6. The molecule has 0 bridgehead atoms. The van der Waals surface area contributed by atoms with Gasteiger partial charge in [-0.3, -0.25) is 0 Å². The Kier molecular flexibility index (Phi) is 5.02. The van der Waals surface area contributed by atoms with Gasteiger partial charge in [0.2, 0.25) is 5.13 Å². The lowest BCUT2D eigenvalue weighted by molar-refractivity contribution is 0.705. The molecule has 0 radical (unpaired) electrons. The molecule has 1 aliphatic heterocycles. The van der Waals surface area contributed by atoms with Crippen LogP contribution in [0, 0.1) is 6.92 Å². The number of hydrazone groups is 1. The van der Waals surface area contributed by atoms with Crippen molar-refractivity contribution in [3.8, 4) is 0 Å². The second-order valence-electron chi connectivity index (χ2n) is 6.16. The molecule has 1 atom stereocenters. The highest BCUT2D eigenvalue weighted by Gasteiger charge is 2.31. The quantitative estimate of drug-likeness (QED) is 0.490. The molecule has 0 unspecified atom stereocenters. The summed E-state index contributed by atoms with van der Waals surface area (Å²) in [6, 6.07) is 16.8. The Balaban J connectivity index is 1.71. The number of benzene rings is 2. The zero-order valence-electron chi connectivity index (χ0n) is 14.5. The molecule has 2 heterocycles. The van der Waals surface area contributed by atoms with E-state index >= 15 is 0 Å². The van der Waals surface area contributed by atoms with Gasteiger partial charge in [0.25, 0.3) is 0 Å². The second kappa shape index (κ2) is 7.43. The molecule has 1 aromatic heterocycles. The lowest BCUT2D eigenvalue weighted by Gasteiger charge is -2.21. The lowest BCUT2D eigenvalue weighted by Crippen LogP contribution is -2.18. The number of nitrogens with zero attached hydrogens (tertiary/aromatic N) is 3. The standard InChI is InChI=1S/C20H18ClN3S2/c1-13-12-26-20(22-13)24-19(15-5-9-17(25-2)10-6-15)11-18(23-24)14-3-7-16(21)8-4-14/h3-10,12,19H,11H2,1-2H3/t19-/m0/s1. The smallest absolute Gasteiger partial charge is 0.206 e. The highest BCUT2D eigenvalue weighted by molar-refractivity contribution is 7.98. The Bertz CT molecular complexity index is 932. The minimum absolute atomic E-state index is 0.155. The summed E-state index contributed by atoms with van der Waals surface area (Å²) in [5.41, 5.74) is 4.45. The van der Waals surface area contributed by atoms with E-state index in [2.05, 4.69) is 45.9 Å². The van der Waals surface area contributed by atoms with Crippen LogP contribution >= 0.6 is 34.7 Å². The number of aromatic nitrogens is 1. The van der Waals surface area contributed by atoms with Gasteiger partial charge in [0.05, 0.1) is 17.4 Å². The first-order valence-electron chi connectivity index (χ1n) is 8.33. The Morgan fingerprint density at radius 1 is 1.12 bits per heavy atom. The zero-order chi connectivity index (χ0) is 18.1. The van der Waals surface area contributed by atoms with Crippen LogP contribution in [0.5, 0.6) is 0 Å². The topological polar surface area (TPSA) is 28.5 Å². The van der Waals surface area contributed by atoms with E-state index in [1.807, 2.05) is 31.2 Å². The maximum Gasteiger partial charge on any atom is 0.206 e. The van der Waals surface area contributed by atoms with E-state index in [4.69, 9.17) is 16.7 Å². The molecule has 0 saturated carbocycles. The summed E-state index contributed by atoms with van der Waals surface area (Å²) < 4.78 is 0. The van der Waals surface area contributed by atoms with Gasteiger partial charge in [-0.05, 0) is 48.6 Å². The lowest BCUT2D eigenvalue weighted by atomic mass is 9.99. The zero-order valence-corrected chi connectivity index (χ0v) is 16.9. The van der Waals surface area contributed by atoms with E-state index in [-0.39, 0.29) is 6.04 Å². The van der Waals surface area contributed by atoms with Crippen molar-refractivity contribution < 1.29 is 0 Å². The van der Waals surface area contributed by atoms with Gasteiger partial charge in [0.1, 0.15) is 0 Å². The third kappa shape index (κ3) is 3.52. The molecule has 4 rings (SSSR count). The Morgan fingerprint density at radius 3 is 2.46 bits per heavy atom. The summed E-state index contributed by atoms with van der Waals surface area (Å²) in [4.78, 5) is 5.92. The van der Waals surface area contributed by atoms with Crippen molar-refractivity contribution in [3.63, 3.8) is 0 Å². The van der Waals surface area contributed by atoms with Crippen molar-refractivity contribution in [2.24, 2.45) is 5.10 Å². The Labute approximate surface area is 166 Å². The fourth-order valence-corrected chi connectivity index (χ4v) is 4.37. The maximum absolute atomic E-state index is 6.04. The minimum atomic E-state index is 0.155. The molecular weight excluding hydrogens is 382 g/mol. The van der Waals surface area contributed by atoms with Crippen molar-refractivity contribution in [1.29, 1.82) is 0 Å². The molecule has 0 spiro atoms. The molecule has 0 fully saturated rings. The van der Waals surface area contributed by atoms with Crippen LogP contribution in [-0.4, -0.2) is 17.0 Å². The predicted octanol–water partition coefficient (Wildman–Crippen LogP) is 6.18. The first-order valence-corrected chi connectivity index (χ1v) is 10.8.